The molecule has 15 nitrogen and oxygen atoms in total. The molecule has 3 fully saturated rings. The predicted molar refractivity (Wildman–Crippen MR) is 218 cm³/mol. The van der Waals surface area contributed by atoms with Gasteiger partial charge in [-0.1, -0.05) is 68.5 Å². The lowest BCUT2D eigenvalue weighted by Crippen LogP contribution is -2.59. The number of rotatable bonds is 19. The van der Waals surface area contributed by atoms with E-state index in [9.17, 15) is 33.9 Å². The van der Waals surface area contributed by atoms with Gasteiger partial charge in [-0.15, -0.1) is 13.2 Å². The van der Waals surface area contributed by atoms with E-state index in [-0.39, 0.29) is 43.7 Å². The van der Waals surface area contributed by atoms with Gasteiger partial charge in [-0.2, -0.15) is 0 Å². The number of allylic oxidation sites excluding steroid dienone is 1. The Hall–Kier alpha value is -4.92. The molecule has 2 unspecified atom stereocenters. The maximum atomic E-state index is 14.4. The largest absolute Gasteiger partial charge is 0.444 e. The minimum Gasteiger partial charge on any atom is -0.444 e. The first-order valence-electron chi connectivity index (χ1n) is 21.1. The number of aliphatic hydroxyl groups is 1. The molecule has 4 aliphatic rings. The highest BCUT2D eigenvalue weighted by atomic mass is 16.6. The third kappa shape index (κ3) is 12.3. The molecule has 2 aliphatic heterocycles. The SMILES string of the molecule is C=CCCCCC[C@H](NC(=O)[C@H]1C[C@H](OC(=O)N2CCc3ccccc3C2)CN1C(=O)NC(CC=C)C(O)C(=O)NC1CC1)C(=O)N[C@H](C(=O)NC)C1CCCCC1. The van der Waals surface area contributed by atoms with Gasteiger partial charge in [0.15, 0.2) is 6.10 Å². The summed E-state index contributed by atoms with van der Waals surface area (Å²) in [4.78, 5) is 84.7. The van der Waals surface area contributed by atoms with Gasteiger partial charge in [-0.25, -0.2) is 9.59 Å². The molecule has 0 bridgehead atoms. The van der Waals surface area contributed by atoms with Crippen LogP contribution in [0.3, 0.4) is 0 Å². The molecule has 318 valence electrons. The van der Waals surface area contributed by atoms with E-state index in [0.717, 1.165) is 75.3 Å². The number of nitrogens with zero attached hydrogens (tertiary/aromatic N) is 2. The van der Waals surface area contributed by atoms with Crippen molar-refractivity contribution in [3.8, 4) is 0 Å². The molecule has 2 heterocycles. The highest BCUT2D eigenvalue weighted by Gasteiger charge is 2.44. The number of likely N-dealkylation sites (N-methyl/N-ethyl adjacent to an activating group) is 1. The molecule has 6 N–H and O–H groups in total. The van der Waals surface area contributed by atoms with Gasteiger partial charge in [0, 0.05) is 32.6 Å². The van der Waals surface area contributed by atoms with Crippen LogP contribution in [0.1, 0.15) is 101 Å². The minimum absolute atomic E-state index is 0.0147. The zero-order chi connectivity index (χ0) is 41.6. The van der Waals surface area contributed by atoms with Gasteiger partial charge in [0.1, 0.15) is 24.2 Å². The molecule has 5 rings (SSSR count). The van der Waals surface area contributed by atoms with Crippen LogP contribution in [-0.2, 0) is 36.9 Å². The Morgan fingerprint density at radius 3 is 2.33 bits per heavy atom. The Morgan fingerprint density at radius 2 is 1.64 bits per heavy atom. The van der Waals surface area contributed by atoms with Gasteiger partial charge in [0.05, 0.1) is 12.6 Å². The van der Waals surface area contributed by atoms with Crippen LogP contribution in [-0.4, -0.2) is 113 Å². The number of carbonyl (C=O) groups is 6. The first kappa shape index (κ1) is 44.2. The van der Waals surface area contributed by atoms with Crippen LogP contribution in [0.4, 0.5) is 9.59 Å². The number of benzene rings is 1. The molecule has 58 heavy (non-hydrogen) atoms. The number of unbranched alkanes of at least 4 members (excludes halogenated alkanes) is 3. The Labute approximate surface area is 342 Å². The molecular weight excluding hydrogens is 743 g/mol. The average Bonchev–Trinajstić information content (AvgIpc) is 3.96. The molecule has 2 aliphatic carbocycles. The first-order chi connectivity index (χ1) is 28.0. The summed E-state index contributed by atoms with van der Waals surface area (Å²) < 4.78 is 5.95. The highest BCUT2D eigenvalue weighted by Crippen LogP contribution is 2.28. The lowest BCUT2D eigenvalue weighted by Gasteiger charge is -2.32. The lowest BCUT2D eigenvalue weighted by atomic mass is 9.83. The smallest absolute Gasteiger partial charge is 0.410 e. The standard InChI is InChI=1S/C43H63N7O8/c1-4-6-7-8-12-20-34(38(52)48-36(40(54)44-3)29-17-10-9-11-18-29)46-39(53)35-25-32(58-43(57)49-24-23-28-16-13-14-19-30(28)26-49)27-50(35)42(56)47-33(15-5-2)37(51)41(55)45-31-21-22-31/h4-5,13-14,16,19,29,31-37,51H,1-2,6-12,15,17-18,20-27H2,3H3,(H,44,54)(H,45,55)(H,46,53)(H,47,56)(H,48,52)/t32-,33?,34-,35+,36-,37?/m0/s1. The van der Waals surface area contributed by atoms with Crippen LogP contribution in [0.25, 0.3) is 0 Å². The summed E-state index contributed by atoms with van der Waals surface area (Å²) in [5.41, 5.74) is 2.18. The maximum absolute atomic E-state index is 14.4. The van der Waals surface area contributed by atoms with Crippen LogP contribution in [0.15, 0.2) is 49.6 Å². The van der Waals surface area contributed by atoms with Gasteiger partial charge < -0.3 is 46.2 Å². The number of nitrogens with one attached hydrogen (secondary N) is 5. The zero-order valence-corrected chi connectivity index (χ0v) is 33.9. The van der Waals surface area contributed by atoms with E-state index < -0.39 is 66.2 Å². The maximum Gasteiger partial charge on any atom is 0.410 e. The second-order valence-corrected chi connectivity index (χ2v) is 16.1. The van der Waals surface area contributed by atoms with E-state index in [1.165, 1.54) is 18.0 Å². The van der Waals surface area contributed by atoms with E-state index in [4.69, 9.17) is 4.74 Å². The second-order valence-electron chi connectivity index (χ2n) is 16.1. The summed E-state index contributed by atoms with van der Waals surface area (Å²) in [6, 6.07) is 3.10. The number of likely N-dealkylation sites (tertiary alicyclic amines) is 1. The summed E-state index contributed by atoms with van der Waals surface area (Å²) in [7, 11) is 1.54. The number of hydrogen-bond donors (Lipinski definition) is 6. The topological polar surface area (TPSA) is 199 Å². The quantitative estimate of drug-likeness (QED) is 0.0904. The van der Waals surface area contributed by atoms with Crippen molar-refractivity contribution in [2.24, 2.45) is 5.92 Å². The predicted octanol–water partition coefficient (Wildman–Crippen LogP) is 3.35. The summed E-state index contributed by atoms with van der Waals surface area (Å²) in [6.45, 7) is 8.16. The third-order valence-corrected chi connectivity index (χ3v) is 11.8. The van der Waals surface area contributed by atoms with Crippen LogP contribution >= 0.6 is 0 Å². The molecule has 1 aromatic rings. The Bertz CT molecular complexity index is 1630. The van der Waals surface area contributed by atoms with E-state index in [1.807, 2.05) is 30.3 Å². The monoisotopic (exact) mass is 805 g/mol. The van der Waals surface area contributed by atoms with Crippen molar-refractivity contribution in [3.63, 3.8) is 0 Å². The Kier molecular flexibility index (Phi) is 16.6. The van der Waals surface area contributed by atoms with Crippen molar-refractivity contribution in [2.75, 3.05) is 20.1 Å². The Balaban J connectivity index is 1.34. The summed E-state index contributed by atoms with van der Waals surface area (Å²) in [5, 5.41) is 24.9. The molecule has 6 atom stereocenters. The van der Waals surface area contributed by atoms with E-state index in [2.05, 4.69) is 39.7 Å². The number of carbonyl (C=O) groups excluding carboxylic acids is 6. The van der Waals surface area contributed by atoms with Crippen molar-refractivity contribution in [1.29, 1.82) is 0 Å². The molecule has 0 aromatic heterocycles. The molecule has 1 saturated heterocycles. The first-order valence-corrected chi connectivity index (χ1v) is 21.1. The number of ether oxygens (including phenoxy) is 1. The van der Waals surface area contributed by atoms with Crippen LogP contribution < -0.4 is 26.6 Å². The lowest BCUT2D eigenvalue weighted by molar-refractivity contribution is -0.134. The van der Waals surface area contributed by atoms with Crippen molar-refractivity contribution in [2.45, 2.75) is 145 Å². The van der Waals surface area contributed by atoms with Crippen LogP contribution in [0, 0.1) is 5.92 Å². The normalized spacial score (nSPS) is 21.3. The number of fused-ring (bicyclic) bond motifs is 1. The fourth-order valence-electron chi connectivity index (χ4n) is 8.23. The summed E-state index contributed by atoms with van der Waals surface area (Å²) >= 11 is 0. The summed E-state index contributed by atoms with van der Waals surface area (Å²) in [6.07, 6.45) is 10.5. The van der Waals surface area contributed by atoms with Gasteiger partial charge in [-0.05, 0) is 74.8 Å². The molecule has 1 aromatic carbocycles. The van der Waals surface area contributed by atoms with Gasteiger partial charge in [0.25, 0.3) is 5.91 Å². The molecule has 2 saturated carbocycles. The van der Waals surface area contributed by atoms with Crippen molar-refractivity contribution in [1.82, 2.24) is 36.4 Å². The number of amides is 7. The van der Waals surface area contributed by atoms with Gasteiger partial charge >= 0.3 is 12.1 Å². The Morgan fingerprint density at radius 1 is 0.897 bits per heavy atom. The van der Waals surface area contributed by atoms with Crippen molar-refractivity contribution < 1.29 is 38.6 Å². The molecule has 0 radical (unpaired) electrons. The number of aliphatic hydroxyl groups excluding tert-OH is 1. The third-order valence-electron chi connectivity index (χ3n) is 11.8. The van der Waals surface area contributed by atoms with Crippen LogP contribution in [0.2, 0.25) is 0 Å². The van der Waals surface area contributed by atoms with E-state index in [0.29, 0.717) is 25.9 Å². The fourth-order valence-corrected chi connectivity index (χ4v) is 8.23. The second kappa shape index (κ2) is 21.7. The fraction of sp³-hybridized carbons (Fsp3) is 0.628. The molecule has 15 heteroatoms. The van der Waals surface area contributed by atoms with Gasteiger partial charge in [-0.3, -0.25) is 19.2 Å². The van der Waals surface area contributed by atoms with E-state index >= 15 is 0 Å². The molecule has 7 amide bonds. The van der Waals surface area contributed by atoms with Gasteiger partial charge in [0.2, 0.25) is 17.7 Å². The van der Waals surface area contributed by atoms with Crippen LogP contribution in [0.5, 0.6) is 0 Å². The van der Waals surface area contributed by atoms with Crippen molar-refractivity contribution in [3.05, 3.63) is 60.7 Å². The molecular formula is C43H63N7O8. The highest BCUT2D eigenvalue weighted by molar-refractivity contribution is 5.94. The zero-order valence-electron chi connectivity index (χ0n) is 33.9. The number of hydrogen-bond acceptors (Lipinski definition) is 8. The molecule has 0 spiro atoms. The average molecular weight is 806 g/mol. The van der Waals surface area contributed by atoms with E-state index in [1.54, 1.807) is 4.90 Å². The minimum atomic E-state index is -1.58. The number of urea groups is 1. The van der Waals surface area contributed by atoms with Crippen molar-refractivity contribution >= 4 is 35.8 Å². The summed E-state index contributed by atoms with van der Waals surface area (Å²) in [5.74, 6) is -2.07.